The molecule has 2 aromatic carbocycles. The van der Waals surface area contributed by atoms with Crippen LogP contribution in [0.15, 0.2) is 95.0 Å². The smallest absolute Gasteiger partial charge is 0.326 e. The van der Waals surface area contributed by atoms with Gasteiger partial charge in [0, 0.05) is 31.1 Å². The third-order valence-electron chi connectivity index (χ3n) is 6.54. The number of aliphatic carboxylic acids is 1. The van der Waals surface area contributed by atoms with Crippen LogP contribution in [0.25, 0.3) is 16.9 Å². The Morgan fingerprint density at radius 1 is 0.938 bits per heavy atom. The maximum Gasteiger partial charge on any atom is 0.326 e. The van der Waals surface area contributed by atoms with Crippen LogP contribution in [0.3, 0.4) is 0 Å². The molecule has 0 spiro atoms. The molecule has 3 aromatic rings. The summed E-state index contributed by atoms with van der Waals surface area (Å²) in [6.07, 6.45) is 8.36. The lowest BCUT2D eigenvalue weighted by Gasteiger charge is -2.17. The fraction of sp³-hybridized carbons (Fsp3) is 0.368. The van der Waals surface area contributed by atoms with Crippen molar-refractivity contribution in [2.75, 3.05) is 25.7 Å². The minimum atomic E-state index is -3.40. The molecule has 2 N–H and O–H groups in total. The van der Waals surface area contributed by atoms with Crippen LogP contribution in [0.2, 0.25) is 0 Å². The minimum absolute atomic E-state index is 0.236. The lowest BCUT2D eigenvalue weighted by Crippen LogP contribution is -2.42. The van der Waals surface area contributed by atoms with Crippen molar-refractivity contribution in [3.8, 4) is 11.3 Å². The van der Waals surface area contributed by atoms with E-state index in [0.29, 0.717) is 11.3 Å². The monoisotopic (exact) mass is 681 g/mol. The van der Waals surface area contributed by atoms with E-state index >= 15 is 0 Å². The lowest BCUT2D eigenvalue weighted by atomic mass is 9.97. The Bertz CT molecular complexity index is 1610. The van der Waals surface area contributed by atoms with Crippen molar-refractivity contribution >= 4 is 27.3 Å². The first-order valence-corrected chi connectivity index (χ1v) is 17.9. The van der Waals surface area contributed by atoms with Gasteiger partial charge in [0.15, 0.2) is 0 Å². The molecule has 10 heteroatoms. The van der Waals surface area contributed by atoms with Crippen LogP contribution in [0.5, 0.6) is 0 Å². The molecule has 9 nitrogen and oxygen atoms in total. The van der Waals surface area contributed by atoms with Gasteiger partial charge in [-0.15, -0.1) is 0 Å². The molecule has 1 aromatic heterocycles. The van der Waals surface area contributed by atoms with Crippen LogP contribution >= 0.6 is 0 Å². The summed E-state index contributed by atoms with van der Waals surface area (Å²) in [5.74, 6) is -0.833. The van der Waals surface area contributed by atoms with Crippen molar-refractivity contribution in [3.63, 3.8) is 0 Å². The molecule has 0 saturated heterocycles. The molecule has 1 atom stereocenters. The van der Waals surface area contributed by atoms with Gasteiger partial charge in [0.2, 0.25) is 0 Å². The number of hydrogen-bond acceptors (Lipinski definition) is 7. The third-order valence-corrected chi connectivity index (χ3v) is 7.52. The summed E-state index contributed by atoms with van der Waals surface area (Å²) < 4.78 is 39.5. The second kappa shape index (κ2) is 22.3. The topological polar surface area (TPSA) is 132 Å². The first kappa shape index (κ1) is 41.8. The lowest BCUT2D eigenvalue weighted by molar-refractivity contribution is -0.139. The van der Waals surface area contributed by atoms with Gasteiger partial charge in [-0.25, -0.2) is 13.2 Å². The van der Waals surface area contributed by atoms with Crippen LogP contribution in [-0.2, 0) is 37.3 Å². The number of furan rings is 1. The van der Waals surface area contributed by atoms with Gasteiger partial charge in [-0.2, -0.15) is 0 Å². The molecule has 3 rings (SSSR count). The van der Waals surface area contributed by atoms with E-state index in [1.807, 2.05) is 114 Å². The molecule has 0 aliphatic heterocycles. The van der Waals surface area contributed by atoms with Crippen LogP contribution in [0, 0.1) is 0 Å². The molecular formula is C38H51NO8S. The first-order valence-electron chi connectivity index (χ1n) is 15.9. The molecular weight excluding hydrogens is 630 g/mol. The number of carboxylic acid groups (broad SMARTS) is 1. The van der Waals surface area contributed by atoms with Crippen molar-refractivity contribution in [1.29, 1.82) is 0 Å². The SMILES string of the molecule is CC.CC(C)=C/C=C\C=C(/C)c1cc(COCc2ccc(-c3ccccc3)o2)ccc1C(=O)NC(CCS(C)(=O)=O)C(=O)O.CCOC. The van der Waals surface area contributed by atoms with Gasteiger partial charge in [0.1, 0.15) is 34.0 Å². The van der Waals surface area contributed by atoms with E-state index < -0.39 is 27.8 Å². The van der Waals surface area contributed by atoms with Gasteiger partial charge in [0.05, 0.1) is 12.4 Å². The Balaban J connectivity index is 0.00000178. The summed E-state index contributed by atoms with van der Waals surface area (Å²) in [6.45, 7) is 13.1. The van der Waals surface area contributed by atoms with Crippen molar-refractivity contribution in [2.45, 2.75) is 67.2 Å². The number of allylic oxidation sites excluding steroid dienone is 6. The van der Waals surface area contributed by atoms with E-state index in [0.717, 1.165) is 40.9 Å². The Hall–Kier alpha value is -4.25. The quantitative estimate of drug-likeness (QED) is 0.155. The predicted molar refractivity (Wildman–Crippen MR) is 193 cm³/mol. The van der Waals surface area contributed by atoms with Crippen LogP contribution < -0.4 is 5.32 Å². The molecule has 1 unspecified atom stereocenters. The minimum Gasteiger partial charge on any atom is -0.480 e. The zero-order valence-corrected chi connectivity index (χ0v) is 30.2. The molecule has 0 aliphatic carbocycles. The molecule has 48 heavy (non-hydrogen) atoms. The molecule has 0 radical (unpaired) electrons. The van der Waals surface area contributed by atoms with E-state index in [9.17, 15) is 23.1 Å². The van der Waals surface area contributed by atoms with Gasteiger partial charge in [-0.05, 0) is 75.1 Å². The summed E-state index contributed by atoms with van der Waals surface area (Å²) in [5.41, 5.74) is 4.58. The highest BCUT2D eigenvalue weighted by atomic mass is 32.2. The average Bonchev–Trinajstić information content (AvgIpc) is 3.54. The molecule has 0 bridgehead atoms. The number of hydrogen-bond donors (Lipinski definition) is 2. The number of benzene rings is 2. The molecule has 0 aliphatic rings. The molecule has 1 amide bonds. The van der Waals surface area contributed by atoms with Crippen molar-refractivity contribution in [3.05, 3.63) is 113 Å². The van der Waals surface area contributed by atoms with Crippen LogP contribution in [-0.4, -0.2) is 57.2 Å². The predicted octanol–water partition coefficient (Wildman–Crippen LogP) is 7.89. The van der Waals surface area contributed by atoms with Crippen molar-refractivity contribution in [2.24, 2.45) is 0 Å². The largest absolute Gasteiger partial charge is 0.480 e. The summed E-state index contributed by atoms with van der Waals surface area (Å²) >= 11 is 0. The number of ether oxygens (including phenoxy) is 2. The van der Waals surface area contributed by atoms with E-state index in [-0.39, 0.29) is 31.0 Å². The number of sulfone groups is 1. The maximum atomic E-state index is 13.2. The highest BCUT2D eigenvalue weighted by Gasteiger charge is 2.24. The first-order chi connectivity index (χ1) is 22.8. The molecule has 0 fully saturated rings. The number of methoxy groups -OCH3 is 1. The van der Waals surface area contributed by atoms with E-state index in [2.05, 4.69) is 10.1 Å². The molecule has 1 heterocycles. The third kappa shape index (κ3) is 16.0. The van der Waals surface area contributed by atoms with Gasteiger partial charge >= 0.3 is 5.97 Å². The fourth-order valence-electron chi connectivity index (χ4n) is 4.05. The van der Waals surface area contributed by atoms with E-state index in [1.54, 1.807) is 19.2 Å². The number of carbonyl (C=O) groups excluding carboxylic acids is 1. The maximum absolute atomic E-state index is 13.2. The zero-order valence-electron chi connectivity index (χ0n) is 29.4. The highest BCUT2D eigenvalue weighted by molar-refractivity contribution is 7.90. The number of rotatable bonds is 15. The van der Waals surface area contributed by atoms with E-state index in [4.69, 9.17) is 9.15 Å². The van der Waals surface area contributed by atoms with Crippen molar-refractivity contribution < 1.29 is 37.0 Å². The number of carboxylic acids is 1. The van der Waals surface area contributed by atoms with Crippen molar-refractivity contribution in [1.82, 2.24) is 5.32 Å². The van der Waals surface area contributed by atoms with Gasteiger partial charge in [-0.1, -0.05) is 80.1 Å². The summed E-state index contributed by atoms with van der Waals surface area (Å²) in [5, 5.41) is 12.1. The number of nitrogens with one attached hydrogen (secondary N) is 1. The second-order valence-electron chi connectivity index (χ2n) is 10.8. The summed E-state index contributed by atoms with van der Waals surface area (Å²) in [7, 11) is -1.72. The van der Waals surface area contributed by atoms with Gasteiger partial charge < -0.3 is 24.3 Å². The fourth-order valence-corrected chi connectivity index (χ4v) is 4.71. The Labute approximate surface area is 286 Å². The Morgan fingerprint density at radius 2 is 1.58 bits per heavy atom. The molecule has 0 saturated carbocycles. The zero-order chi connectivity index (χ0) is 36.1. The summed E-state index contributed by atoms with van der Waals surface area (Å²) in [6, 6.07) is 17.4. The van der Waals surface area contributed by atoms with Gasteiger partial charge in [0.25, 0.3) is 5.91 Å². The average molecular weight is 682 g/mol. The number of amides is 1. The van der Waals surface area contributed by atoms with E-state index in [1.165, 1.54) is 0 Å². The normalized spacial score (nSPS) is 11.9. The van der Waals surface area contributed by atoms with Crippen LogP contribution in [0.4, 0.5) is 0 Å². The van der Waals surface area contributed by atoms with Gasteiger partial charge in [-0.3, -0.25) is 4.79 Å². The van der Waals surface area contributed by atoms with Crippen LogP contribution in [0.1, 0.15) is 75.2 Å². The number of carbonyl (C=O) groups is 2. The second-order valence-corrected chi connectivity index (χ2v) is 13.1. The molecule has 262 valence electrons. The summed E-state index contributed by atoms with van der Waals surface area (Å²) in [4.78, 5) is 25.0. The standard InChI is InChI=1S/C33H37NO7S.C3H8O.C2H6/c1-23(2)10-8-9-11-24(3)29-20-25(21-40-22-27-15-17-31(41-27)26-12-6-5-7-13-26)14-16-28(29)32(35)34-30(33(36)37)18-19-42(4,38)39;1-3-4-2;1-2/h5-17,20,30H,18-19,21-22H2,1-4H3,(H,34,35)(H,36,37);3H2,1-2H3;1-2H3/b9-8-,24-11+;;. The Kier molecular flexibility index (Phi) is 19.4. The Morgan fingerprint density at radius 3 is 2.17 bits per heavy atom. The highest BCUT2D eigenvalue weighted by Crippen LogP contribution is 2.24.